The molecule has 2 heteroatoms. The van der Waals surface area contributed by atoms with Crippen LogP contribution in [0.4, 0.5) is 0 Å². The van der Waals surface area contributed by atoms with Gasteiger partial charge in [0.15, 0.2) is 0 Å². The molecule has 1 aromatic carbocycles. The molecule has 17 heavy (non-hydrogen) atoms. The van der Waals surface area contributed by atoms with E-state index in [2.05, 4.69) is 42.2 Å². The molecule has 0 saturated carbocycles. The van der Waals surface area contributed by atoms with Crippen LogP contribution in [0.25, 0.3) is 0 Å². The maximum absolute atomic E-state index is 4.39. The van der Waals surface area contributed by atoms with Crippen LogP contribution in [0.1, 0.15) is 24.0 Å². The highest BCUT2D eigenvalue weighted by Crippen LogP contribution is 2.31. The largest absolute Gasteiger partial charge is 0.310 e. The van der Waals surface area contributed by atoms with Gasteiger partial charge in [-0.15, -0.1) is 0 Å². The molecule has 3 rings (SSSR count). The van der Waals surface area contributed by atoms with Crippen molar-refractivity contribution in [1.29, 1.82) is 0 Å². The maximum Gasteiger partial charge on any atom is 0.0326 e. The van der Waals surface area contributed by atoms with Crippen LogP contribution in [0.3, 0.4) is 0 Å². The summed E-state index contributed by atoms with van der Waals surface area (Å²) in [5, 5.41) is 3.67. The van der Waals surface area contributed by atoms with Gasteiger partial charge in [0.25, 0.3) is 0 Å². The molecule has 1 heterocycles. The summed E-state index contributed by atoms with van der Waals surface area (Å²) in [5.74, 6) is 0.979. The van der Waals surface area contributed by atoms with Crippen LogP contribution < -0.4 is 5.32 Å². The van der Waals surface area contributed by atoms with Crippen molar-refractivity contribution in [3.63, 3.8) is 0 Å². The van der Waals surface area contributed by atoms with Crippen LogP contribution in [0, 0.1) is 0 Å². The molecule has 90 valence electrons. The van der Waals surface area contributed by atoms with Gasteiger partial charge in [-0.3, -0.25) is 0 Å². The Kier molecular flexibility index (Phi) is 3.26. The molecule has 0 amide bonds. The van der Waals surface area contributed by atoms with Crippen LogP contribution in [-0.2, 0) is 12.8 Å². The van der Waals surface area contributed by atoms with Gasteiger partial charge < -0.3 is 5.32 Å². The first-order chi connectivity index (χ1) is 8.38. The van der Waals surface area contributed by atoms with E-state index in [0.717, 1.165) is 18.7 Å². The molecular formula is C15H19NS. The topological polar surface area (TPSA) is 12.0 Å². The average Bonchev–Trinajstić information content (AvgIpc) is 2.37. The number of nitrogens with one attached hydrogen (secondary N) is 1. The first kappa shape index (κ1) is 11.4. The molecule has 0 aromatic heterocycles. The van der Waals surface area contributed by atoms with Gasteiger partial charge >= 0.3 is 0 Å². The molecule has 0 radical (unpaired) electrons. The molecule has 0 saturated heterocycles. The van der Waals surface area contributed by atoms with Gasteiger partial charge in [-0.05, 0) is 54.7 Å². The van der Waals surface area contributed by atoms with Crippen LogP contribution in [0.2, 0.25) is 0 Å². The Hall–Kier alpha value is -0.730. The highest BCUT2D eigenvalue weighted by Gasteiger charge is 2.27. The average molecular weight is 245 g/mol. The molecule has 2 aliphatic rings. The van der Waals surface area contributed by atoms with E-state index in [0.29, 0.717) is 6.04 Å². The lowest BCUT2D eigenvalue weighted by molar-refractivity contribution is 0.502. The van der Waals surface area contributed by atoms with E-state index < -0.39 is 0 Å². The fourth-order valence-corrected chi connectivity index (χ4v) is 3.42. The Morgan fingerprint density at radius 3 is 2.88 bits per heavy atom. The van der Waals surface area contributed by atoms with Crippen molar-refractivity contribution in [1.82, 2.24) is 5.32 Å². The van der Waals surface area contributed by atoms with Crippen molar-refractivity contribution >= 4 is 12.6 Å². The van der Waals surface area contributed by atoms with Crippen molar-refractivity contribution in [2.75, 3.05) is 12.3 Å². The van der Waals surface area contributed by atoms with Gasteiger partial charge in [-0.2, -0.15) is 12.6 Å². The monoisotopic (exact) mass is 245 g/mol. The first-order valence-electron chi connectivity index (χ1n) is 6.50. The smallest absolute Gasteiger partial charge is 0.0326 e. The second-order valence-electron chi connectivity index (χ2n) is 5.01. The number of benzene rings is 1. The summed E-state index contributed by atoms with van der Waals surface area (Å²) in [6.07, 6.45) is 4.70. The minimum absolute atomic E-state index is 0.591. The zero-order valence-electron chi connectivity index (χ0n) is 10.1. The lowest BCUT2D eigenvalue weighted by atomic mass is 9.79. The molecule has 1 N–H and O–H groups in total. The van der Waals surface area contributed by atoms with Gasteiger partial charge in [0.2, 0.25) is 0 Å². The lowest BCUT2D eigenvalue weighted by Gasteiger charge is -2.34. The third-order valence-electron chi connectivity index (χ3n) is 4.03. The fraction of sp³-hybridized carbons (Fsp3) is 0.467. The highest BCUT2D eigenvalue weighted by molar-refractivity contribution is 7.80. The summed E-state index contributed by atoms with van der Waals surface area (Å²) in [7, 11) is 0. The molecule has 1 unspecified atom stereocenters. The molecule has 1 atom stereocenters. The predicted molar refractivity (Wildman–Crippen MR) is 75.8 cm³/mol. The van der Waals surface area contributed by atoms with Crippen LogP contribution in [-0.4, -0.2) is 18.3 Å². The molecule has 1 aliphatic carbocycles. The fourth-order valence-electron chi connectivity index (χ4n) is 3.15. The zero-order valence-corrected chi connectivity index (χ0v) is 11.0. The normalized spacial score (nSPS) is 23.2. The number of hydrogen-bond acceptors (Lipinski definition) is 2. The van der Waals surface area contributed by atoms with Crippen molar-refractivity contribution in [3.8, 4) is 0 Å². The number of fused-ring (bicyclic) bond motifs is 2. The molecule has 0 spiro atoms. The van der Waals surface area contributed by atoms with Crippen LogP contribution in [0.5, 0.6) is 0 Å². The summed E-state index contributed by atoms with van der Waals surface area (Å²) >= 11 is 4.39. The number of rotatable bonds is 2. The second kappa shape index (κ2) is 4.87. The van der Waals surface area contributed by atoms with Crippen molar-refractivity contribution in [3.05, 3.63) is 46.5 Å². The Bertz CT molecular complexity index is 450. The molecule has 0 fully saturated rings. The Morgan fingerprint density at radius 1 is 1.24 bits per heavy atom. The van der Waals surface area contributed by atoms with E-state index in [4.69, 9.17) is 0 Å². The van der Waals surface area contributed by atoms with Gasteiger partial charge in [0.1, 0.15) is 0 Å². The van der Waals surface area contributed by atoms with E-state index in [1.807, 2.05) is 0 Å². The standard InChI is InChI=1S/C15H19NS/c17-8-6-11-5-7-16-15-10-13-4-2-1-3-12(13)9-14(11)15/h1-4,15-17H,5-10H2. The summed E-state index contributed by atoms with van der Waals surface area (Å²) in [6.45, 7) is 1.14. The molecule has 1 aromatic rings. The Balaban J connectivity index is 1.97. The van der Waals surface area contributed by atoms with E-state index in [1.165, 1.54) is 30.4 Å². The van der Waals surface area contributed by atoms with Crippen LogP contribution >= 0.6 is 12.6 Å². The van der Waals surface area contributed by atoms with Crippen molar-refractivity contribution < 1.29 is 0 Å². The summed E-state index contributed by atoms with van der Waals surface area (Å²) in [5.41, 5.74) is 6.38. The van der Waals surface area contributed by atoms with Crippen molar-refractivity contribution in [2.45, 2.75) is 31.7 Å². The molecule has 1 nitrogen and oxygen atoms in total. The number of hydrogen-bond donors (Lipinski definition) is 2. The minimum atomic E-state index is 0.591. The lowest BCUT2D eigenvalue weighted by Crippen LogP contribution is -2.41. The molecule has 1 aliphatic heterocycles. The van der Waals surface area contributed by atoms with Gasteiger partial charge in [0, 0.05) is 6.04 Å². The first-order valence-corrected chi connectivity index (χ1v) is 7.13. The van der Waals surface area contributed by atoms with E-state index in [9.17, 15) is 0 Å². The van der Waals surface area contributed by atoms with Gasteiger partial charge in [-0.1, -0.05) is 29.8 Å². The Labute approximate surface area is 109 Å². The summed E-state index contributed by atoms with van der Waals surface area (Å²) < 4.78 is 0. The van der Waals surface area contributed by atoms with E-state index in [1.54, 1.807) is 11.1 Å². The van der Waals surface area contributed by atoms with E-state index in [-0.39, 0.29) is 0 Å². The maximum atomic E-state index is 4.39. The molecule has 0 bridgehead atoms. The summed E-state index contributed by atoms with van der Waals surface area (Å²) in [4.78, 5) is 0. The zero-order chi connectivity index (χ0) is 11.7. The van der Waals surface area contributed by atoms with Crippen LogP contribution in [0.15, 0.2) is 35.4 Å². The summed E-state index contributed by atoms with van der Waals surface area (Å²) in [6, 6.07) is 9.47. The SMILES string of the molecule is SCCC1=C2Cc3ccccc3CC2NCC1. The molecular weight excluding hydrogens is 226 g/mol. The second-order valence-corrected chi connectivity index (χ2v) is 5.46. The van der Waals surface area contributed by atoms with Gasteiger partial charge in [0.05, 0.1) is 0 Å². The van der Waals surface area contributed by atoms with E-state index >= 15 is 0 Å². The third-order valence-corrected chi connectivity index (χ3v) is 4.25. The van der Waals surface area contributed by atoms with Crippen molar-refractivity contribution in [2.24, 2.45) is 0 Å². The minimum Gasteiger partial charge on any atom is -0.310 e. The third kappa shape index (κ3) is 2.16. The highest BCUT2D eigenvalue weighted by atomic mass is 32.1. The quantitative estimate of drug-likeness (QED) is 0.603. The number of thiol groups is 1. The Morgan fingerprint density at radius 2 is 2.06 bits per heavy atom. The predicted octanol–water partition coefficient (Wildman–Crippen LogP) is 2.76. The van der Waals surface area contributed by atoms with Gasteiger partial charge in [-0.25, -0.2) is 0 Å².